The van der Waals surface area contributed by atoms with Crippen molar-refractivity contribution >= 4 is 34.8 Å². The van der Waals surface area contributed by atoms with E-state index in [1.807, 2.05) is 19.3 Å². The number of carbonyl (C=O) groups is 1. The van der Waals surface area contributed by atoms with Gasteiger partial charge in [-0.1, -0.05) is 11.6 Å². The van der Waals surface area contributed by atoms with Crippen molar-refractivity contribution in [1.82, 2.24) is 19.7 Å². The molecule has 1 atom stereocenters. The lowest BCUT2D eigenvalue weighted by Crippen LogP contribution is -2.48. The first-order valence-corrected chi connectivity index (χ1v) is 12.6. The van der Waals surface area contributed by atoms with Crippen molar-refractivity contribution in [2.45, 2.75) is 38.5 Å². The second-order valence-electron chi connectivity index (χ2n) is 9.63. The van der Waals surface area contributed by atoms with Crippen LogP contribution >= 0.6 is 11.6 Å². The highest BCUT2D eigenvalue weighted by atomic mass is 35.5. The van der Waals surface area contributed by atoms with Gasteiger partial charge in [0.25, 0.3) is 0 Å². The Kier molecular flexibility index (Phi) is 6.93. The van der Waals surface area contributed by atoms with Gasteiger partial charge in [-0.15, -0.1) is 0 Å². The summed E-state index contributed by atoms with van der Waals surface area (Å²) in [6, 6.07) is 4.99. The third-order valence-corrected chi connectivity index (χ3v) is 6.50. The largest absolute Gasteiger partial charge is 0.478 e. The molecule has 0 radical (unpaired) electrons. The number of nitrogens with zero attached hydrogens (tertiary/aromatic N) is 6. The fourth-order valence-corrected chi connectivity index (χ4v) is 4.79. The number of hydrogen-bond donors (Lipinski definition) is 2. The van der Waals surface area contributed by atoms with Gasteiger partial charge in [0, 0.05) is 56.3 Å². The van der Waals surface area contributed by atoms with Crippen molar-refractivity contribution in [2.75, 3.05) is 41.4 Å². The summed E-state index contributed by atoms with van der Waals surface area (Å²) >= 11 is 6.61. The second kappa shape index (κ2) is 10.2. The van der Waals surface area contributed by atoms with Crippen molar-refractivity contribution in [1.29, 1.82) is 0 Å². The van der Waals surface area contributed by atoms with Crippen LogP contribution < -0.4 is 19.9 Å². The van der Waals surface area contributed by atoms with Crippen LogP contribution in [0.2, 0.25) is 5.02 Å². The van der Waals surface area contributed by atoms with Gasteiger partial charge in [-0.2, -0.15) is 5.10 Å². The average molecular weight is 528 g/mol. The molecule has 5 heterocycles. The van der Waals surface area contributed by atoms with E-state index in [4.69, 9.17) is 26.1 Å². The van der Waals surface area contributed by atoms with Crippen molar-refractivity contribution in [2.24, 2.45) is 7.05 Å². The van der Waals surface area contributed by atoms with Gasteiger partial charge in [0.1, 0.15) is 0 Å². The lowest BCUT2D eigenvalue weighted by Gasteiger charge is -2.36. The second-order valence-corrected chi connectivity index (χ2v) is 10.0. The van der Waals surface area contributed by atoms with Crippen molar-refractivity contribution in [3.63, 3.8) is 0 Å². The molecular weight excluding hydrogens is 498 g/mol. The maximum absolute atomic E-state index is 13.6. The zero-order chi connectivity index (χ0) is 26.2. The summed E-state index contributed by atoms with van der Waals surface area (Å²) in [4.78, 5) is 26.6. The van der Waals surface area contributed by atoms with E-state index in [1.165, 1.54) is 0 Å². The quantitative estimate of drug-likeness (QED) is 0.336. The molecule has 37 heavy (non-hydrogen) atoms. The van der Waals surface area contributed by atoms with E-state index in [0.29, 0.717) is 47.7 Å². The lowest BCUT2D eigenvalue weighted by atomic mass is 10.1. The van der Waals surface area contributed by atoms with Crippen LogP contribution in [0.3, 0.4) is 0 Å². The minimum Gasteiger partial charge on any atom is -0.478 e. The summed E-state index contributed by atoms with van der Waals surface area (Å²) in [5, 5.41) is 17.3. The normalized spacial score (nSPS) is 16.6. The summed E-state index contributed by atoms with van der Waals surface area (Å²) in [6.45, 7) is 5.42. The van der Waals surface area contributed by atoms with Gasteiger partial charge in [-0.25, -0.2) is 14.8 Å². The van der Waals surface area contributed by atoms with Crippen LogP contribution in [0.5, 0.6) is 5.88 Å². The zero-order valence-corrected chi connectivity index (χ0v) is 21.8. The maximum atomic E-state index is 13.6. The fourth-order valence-electron chi connectivity index (χ4n) is 4.54. The first-order valence-electron chi connectivity index (χ1n) is 12.2. The number of halogens is 1. The topological polar surface area (TPSA) is 118 Å². The number of pyridine rings is 2. The summed E-state index contributed by atoms with van der Waals surface area (Å²) in [6.07, 6.45) is 6.55. The van der Waals surface area contributed by atoms with E-state index in [-0.39, 0.29) is 12.1 Å². The third kappa shape index (κ3) is 5.63. The Balaban J connectivity index is 1.32. The number of hydrogen-bond acceptors (Lipinski definition) is 8. The molecule has 0 aliphatic carbocycles. The Morgan fingerprint density at radius 2 is 2.16 bits per heavy atom. The van der Waals surface area contributed by atoms with Gasteiger partial charge >= 0.3 is 6.03 Å². The number of rotatable bonds is 8. The highest BCUT2D eigenvalue weighted by Crippen LogP contribution is 2.43. The molecule has 2 N–H and O–H groups in total. The molecule has 2 bridgehead atoms. The Morgan fingerprint density at radius 1 is 1.32 bits per heavy atom. The van der Waals surface area contributed by atoms with E-state index >= 15 is 0 Å². The van der Waals surface area contributed by atoms with E-state index in [9.17, 15) is 9.90 Å². The fraction of sp³-hybridized carbons (Fsp3) is 0.440. The first kappa shape index (κ1) is 25.2. The lowest BCUT2D eigenvalue weighted by molar-refractivity contribution is -0.176. The molecule has 5 rings (SSSR count). The summed E-state index contributed by atoms with van der Waals surface area (Å²) in [5.74, 6) is -0.215. The summed E-state index contributed by atoms with van der Waals surface area (Å²) < 4.78 is 12.7. The number of aliphatic hydroxyl groups is 1. The first-order chi connectivity index (χ1) is 17.7. The summed E-state index contributed by atoms with van der Waals surface area (Å²) in [7, 11) is 1.83. The molecule has 3 aromatic heterocycles. The number of amides is 2. The molecule has 12 heteroatoms. The van der Waals surface area contributed by atoms with E-state index < -0.39 is 5.79 Å². The van der Waals surface area contributed by atoms with Crippen LogP contribution in [-0.2, 0) is 11.8 Å². The third-order valence-electron chi connectivity index (χ3n) is 6.21. The van der Waals surface area contributed by atoms with Crippen LogP contribution in [0.4, 0.5) is 22.0 Å². The van der Waals surface area contributed by atoms with Crippen molar-refractivity contribution in [3.8, 4) is 17.1 Å². The minimum atomic E-state index is -1.18. The van der Waals surface area contributed by atoms with Gasteiger partial charge < -0.3 is 24.8 Å². The van der Waals surface area contributed by atoms with Crippen LogP contribution in [0.1, 0.15) is 26.7 Å². The van der Waals surface area contributed by atoms with Gasteiger partial charge in [0.2, 0.25) is 5.88 Å². The smallest absolute Gasteiger partial charge is 0.327 e. The van der Waals surface area contributed by atoms with Gasteiger partial charge in [0.15, 0.2) is 11.6 Å². The number of urea groups is 1. The number of aromatic nitrogens is 4. The molecule has 0 saturated carbocycles. The Hall–Kier alpha value is -3.41. The standard InChI is InChI=1S/C25H30ClN7O4/c1-25(2,35)37-10-4-9-36-21-11-17(5-7-27-21)29-24(34)33-18-6-8-32(15-18)20-12-19(26)22(30-23(20)33)16-13-28-31(3)14-16/h5,7,11-14,18,35H,4,6,8-10,15H2,1-3H3,(H,27,29,34). The van der Waals surface area contributed by atoms with E-state index in [1.54, 1.807) is 48.0 Å². The van der Waals surface area contributed by atoms with Crippen LogP contribution in [0, 0.1) is 0 Å². The molecule has 11 nitrogen and oxygen atoms in total. The SMILES string of the molecule is Cn1cc(-c2nc3c(cc2Cl)N2CCC(C2)N3C(=O)Nc2ccnc(OCCCOC(C)(C)O)c2)cn1. The molecule has 196 valence electrons. The molecule has 2 aliphatic heterocycles. The van der Waals surface area contributed by atoms with Gasteiger partial charge in [-0.3, -0.25) is 9.58 Å². The predicted octanol–water partition coefficient (Wildman–Crippen LogP) is 3.68. The number of anilines is 3. The number of nitrogens with one attached hydrogen (secondary N) is 1. The van der Waals surface area contributed by atoms with E-state index in [0.717, 1.165) is 30.8 Å². The Bertz CT molecular complexity index is 1290. The highest BCUT2D eigenvalue weighted by Gasteiger charge is 2.41. The Labute approximate surface area is 220 Å². The number of fused-ring (bicyclic) bond motifs is 4. The molecular formula is C25H30ClN7O4. The van der Waals surface area contributed by atoms with Crippen LogP contribution in [0.25, 0.3) is 11.3 Å². The molecule has 0 spiro atoms. The molecule has 1 unspecified atom stereocenters. The van der Waals surface area contributed by atoms with E-state index in [2.05, 4.69) is 20.3 Å². The summed E-state index contributed by atoms with van der Waals surface area (Å²) in [5.41, 5.74) is 2.77. The van der Waals surface area contributed by atoms with Crippen molar-refractivity contribution in [3.05, 3.63) is 41.8 Å². The Morgan fingerprint density at radius 3 is 2.92 bits per heavy atom. The monoisotopic (exact) mass is 527 g/mol. The number of aryl methyl sites for hydroxylation is 1. The molecule has 1 fully saturated rings. The molecule has 2 aliphatic rings. The van der Waals surface area contributed by atoms with Crippen LogP contribution in [-0.4, -0.2) is 69.0 Å². The van der Waals surface area contributed by atoms with Crippen LogP contribution in [0.15, 0.2) is 36.8 Å². The average Bonchev–Trinajstić information content (AvgIpc) is 3.46. The molecule has 2 amide bonds. The minimum absolute atomic E-state index is 0.00347. The number of carbonyl (C=O) groups excluding carboxylic acids is 1. The van der Waals surface area contributed by atoms with Gasteiger partial charge in [0.05, 0.1) is 41.9 Å². The van der Waals surface area contributed by atoms with Gasteiger partial charge in [-0.05, 0) is 32.4 Å². The predicted molar refractivity (Wildman–Crippen MR) is 140 cm³/mol. The zero-order valence-electron chi connectivity index (χ0n) is 21.0. The molecule has 1 saturated heterocycles. The molecule has 0 aromatic carbocycles. The van der Waals surface area contributed by atoms with Crippen molar-refractivity contribution < 1.29 is 19.4 Å². The maximum Gasteiger partial charge on any atom is 0.327 e. The number of ether oxygens (including phenoxy) is 2. The molecule has 3 aromatic rings. The highest BCUT2D eigenvalue weighted by molar-refractivity contribution is 6.33.